The van der Waals surface area contributed by atoms with E-state index in [1.54, 1.807) is 6.92 Å². The molecule has 0 aliphatic heterocycles. The highest BCUT2D eigenvalue weighted by Gasteiger charge is 2.08. The van der Waals surface area contributed by atoms with Crippen LogP contribution in [0.2, 0.25) is 0 Å². The van der Waals surface area contributed by atoms with Crippen molar-refractivity contribution < 1.29 is 14.7 Å². The Morgan fingerprint density at radius 1 is 1.33 bits per heavy atom. The highest BCUT2D eigenvalue weighted by Crippen LogP contribution is 2.02. The van der Waals surface area contributed by atoms with E-state index in [1.807, 2.05) is 0 Å². The van der Waals surface area contributed by atoms with Crippen molar-refractivity contribution in [2.75, 3.05) is 6.54 Å². The zero-order valence-corrected chi connectivity index (χ0v) is 10.3. The second-order valence-corrected chi connectivity index (χ2v) is 3.98. The first-order valence-electron chi connectivity index (χ1n) is 5.88. The summed E-state index contributed by atoms with van der Waals surface area (Å²) < 4.78 is 0. The summed E-state index contributed by atoms with van der Waals surface area (Å²) in [5.74, 6) is -0.970. The lowest BCUT2D eigenvalue weighted by Gasteiger charge is -2.06. The molecule has 0 aromatic carbocycles. The molecule has 18 heavy (non-hydrogen) atoms. The van der Waals surface area contributed by atoms with Crippen LogP contribution in [0.15, 0.2) is 12.5 Å². The van der Waals surface area contributed by atoms with Crippen LogP contribution in [-0.2, 0) is 4.79 Å². The first-order valence-corrected chi connectivity index (χ1v) is 5.88. The van der Waals surface area contributed by atoms with Crippen molar-refractivity contribution in [3.63, 3.8) is 0 Å². The number of hydrogen-bond donors (Lipinski definition) is 2. The van der Waals surface area contributed by atoms with Gasteiger partial charge >= 0.3 is 5.97 Å². The number of rotatable bonds is 7. The molecule has 1 heterocycles. The highest BCUT2D eigenvalue weighted by molar-refractivity contribution is 5.94. The lowest BCUT2D eigenvalue weighted by atomic mass is 10.2. The molecule has 6 heteroatoms. The van der Waals surface area contributed by atoms with Crippen LogP contribution in [0.25, 0.3) is 0 Å². The van der Waals surface area contributed by atoms with Gasteiger partial charge in [-0.25, -0.2) is 9.97 Å². The minimum atomic E-state index is -0.781. The Hall–Kier alpha value is -1.98. The second-order valence-electron chi connectivity index (χ2n) is 3.98. The van der Waals surface area contributed by atoms with Gasteiger partial charge in [0.15, 0.2) is 0 Å². The molecule has 0 spiro atoms. The van der Waals surface area contributed by atoms with Gasteiger partial charge in [0.2, 0.25) is 0 Å². The molecule has 0 radical (unpaired) electrons. The Bertz CT molecular complexity index is 421. The monoisotopic (exact) mass is 251 g/mol. The van der Waals surface area contributed by atoms with Crippen molar-refractivity contribution in [1.82, 2.24) is 15.3 Å². The van der Waals surface area contributed by atoms with Crippen molar-refractivity contribution in [3.8, 4) is 0 Å². The first-order chi connectivity index (χ1) is 8.61. The van der Waals surface area contributed by atoms with Crippen LogP contribution in [0.5, 0.6) is 0 Å². The van der Waals surface area contributed by atoms with E-state index in [9.17, 15) is 9.59 Å². The lowest BCUT2D eigenvalue weighted by Crippen LogP contribution is -2.25. The van der Waals surface area contributed by atoms with Crippen LogP contribution in [-0.4, -0.2) is 33.5 Å². The Balaban J connectivity index is 2.22. The normalized spacial score (nSPS) is 10.1. The smallest absolute Gasteiger partial charge is 0.303 e. The zero-order chi connectivity index (χ0) is 13.4. The standard InChI is InChI=1S/C12H17N3O3/c1-9-10(7-13-8-15-9)12(18)14-6-4-2-3-5-11(16)17/h7-8H,2-6H2,1H3,(H,14,18)(H,16,17). The predicted octanol–water partition coefficient (Wildman–Crippen LogP) is 1.16. The number of nitrogens with one attached hydrogen (secondary N) is 1. The van der Waals surface area contributed by atoms with Crippen molar-refractivity contribution >= 4 is 11.9 Å². The van der Waals surface area contributed by atoms with Gasteiger partial charge in [-0.3, -0.25) is 9.59 Å². The zero-order valence-electron chi connectivity index (χ0n) is 10.3. The predicted molar refractivity (Wildman–Crippen MR) is 65.2 cm³/mol. The molecule has 0 aliphatic carbocycles. The Kier molecular flexibility index (Phi) is 5.76. The fraction of sp³-hybridized carbons (Fsp3) is 0.500. The van der Waals surface area contributed by atoms with E-state index >= 15 is 0 Å². The van der Waals surface area contributed by atoms with Gasteiger partial charge in [-0.1, -0.05) is 6.42 Å². The second kappa shape index (κ2) is 7.37. The lowest BCUT2D eigenvalue weighted by molar-refractivity contribution is -0.137. The van der Waals surface area contributed by atoms with Crippen LogP contribution in [0.1, 0.15) is 41.7 Å². The Labute approximate surface area is 105 Å². The van der Waals surface area contributed by atoms with Crippen LogP contribution in [0.3, 0.4) is 0 Å². The van der Waals surface area contributed by atoms with E-state index in [-0.39, 0.29) is 12.3 Å². The van der Waals surface area contributed by atoms with E-state index < -0.39 is 5.97 Å². The molecule has 0 unspecified atom stereocenters. The average molecular weight is 251 g/mol. The molecule has 0 atom stereocenters. The topological polar surface area (TPSA) is 92.2 Å². The van der Waals surface area contributed by atoms with E-state index in [0.29, 0.717) is 24.2 Å². The summed E-state index contributed by atoms with van der Waals surface area (Å²) in [6.45, 7) is 2.29. The van der Waals surface area contributed by atoms with Gasteiger partial charge in [0.25, 0.3) is 5.91 Å². The molecule has 0 saturated heterocycles. The SMILES string of the molecule is Cc1ncncc1C(=O)NCCCCCC(=O)O. The molecule has 1 aromatic heterocycles. The molecular weight excluding hydrogens is 234 g/mol. The number of carbonyl (C=O) groups excluding carboxylic acids is 1. The van der Waals surface area contributed by atoms with Crippen LogP contribution < -0.4 is 5.32 Å². The average Bonchev–Trinajstić information content (AvgIpc) is 2.33. The molecule has 2 N–H and O–H groups in total. The van der Waals surface area contributed by atoms with Gasteiger partial charge in [-0.2, -0.15) is 0 Å². The minimum Gasteiger partial charge on any atom is -0.481 e. The summed E-state index contributed by atoms with van der Waals surface area (Å²) in [4.78, 5) is 29.7. The third kappa shape index (κ3) is 4.90. The van der Waals surface area contributed by atoms with Gasteiger partial charge in [-0.15, -0.1) is 0 Å². The van der Waals surface area contributed by atoms with Crippen LogP contribution >= 0.6 is 0 Å². The summed E-state index contributed by atoms with van der Waals surface area (Å²) in [5, 5.41) is 11.2. The van der Waals surface area contributed by atoms with Crippen molar-refractivity contribution in [2.24, 2.45) is 0 Å². The summed E-state index contributed by atoms with van der Waals surface area (Å²) in [6, 6.07) is 0. The van der Waals surface area contributed by atoms with Gasteiger partial charge in [-0.05, 0) is 19.8 Å². The number of carboxylic acid groups (broad SMARTS) is 1. The summed E-state index contributed by atoms with van der Waals surface area (Å²) in [7, 11) is 0. The van der Waals surface area contributed by atoms with Gasteiger partial charge in [0.1, 0.15) is 6.33 Å². The summed E-state index contributed by atoms with van der Waals surface area (Å²) >= 11 is 0. The fourth-order valence-electron chi connectivity index (χ4n) is 1.49. The number of aromatic nitrogens is 2. The molecule has 0 saturated carbocycles. The molecule has 6 nitrogen and oxygen atoms in total. The van der Waals surface area contributed by atoms with Gasteiger partial charge in [0, 0.05) is 19.2 Å². The third-order valence-electron chi connectivity index (χ3n) is 2.51. The number of nitrogens with zero attached hydrogens (tertiary/aromatic N) is 2. The van der Waals surface area contributed by atoms with E-state index in [4.69, 9.17) is 5.11 Å². The number of unbranched alkanes of at least 4 members (excludes halogenated alkanes) is 2. The van der Waals surface area contributed by atoms with Gasteiger partial charge in [0.05, 0.1) is 11.3 Å². The van der Waals surface area contributed by atoms with E-state index in [1.165, 1.54) is 12.5 Å². The number of aliphatic carboxylic acids is 1. The van der Waals surface area contributed by atoms with E-state index in [0.717, 1.165) is 12.8 Å². The summed E-state index contributed by atoms with van der Waals surface area (Å²) in [6.07, 6.45) is 5.26. The molecule has 1 amide bonds. The molecule has 0 bridgehead atoms. The van der Waals surface area contributed by atoms with Gasteiger partial charge < -0.3 is 10.4 Å². The highest BCUT2D eigenvalue weighted by atomic mass is 16.4. The quantitative estimate of drug-likeness (QED) is 0.709. The van der Waals surface area contributed by atoms with Crippen molar-refractivity contribution in [2.45, 2.75) is 32.6 Å². The number of carbonyl (C=O) groups is 2. The Morgan fingerprint density at radius 3 is 2.78 bits per heavy atom. The maximum Gasteiger partial charge on any atom is 0.303 e. The number of aryl methyl sites for hydroxylation is 1. The maximum atomic E-state index is 11.7. The van der Waals surface area contributed by atoms with Crippen LogP contribution in [0, 0.1) is 6.92 Å². The van der Waals surface area contributed by atoms with Crippen molar-refractivity contribution in [1.29, 1.82) is 0 Å². The first kappa shape index (κ1) is 14.1. The summed E-state index contributed by atoms with van der Waals surface area (Å²) in [5.41, 5.74) is 1.12. The molecule has 0 aliphatic rings. The third-order valence-corrected chi connectivity index (χ3v) is 2.51. The maximum absolute atomic E-state index is 11.7. The van der Waals surface area contributed by atoms with Crippen molar-refractivity contribution in [3.05, 3.63) is 23.8 Å². The molecular formula is C12H17N3O3. The minimum absolute atomic E-state index is 0.180. The molecule has 98 valence electrons. The number of carboxylic acids is 1. The largest absolute Gasteiger partial charge is 0.481 e. The molecule has 1 aromatic rings. The molecule has 1 rings (SSSR count). The van der Waals surface area contributed by atoms with E-state index in [2.05, 4.69) is 15.3 Å². The Morgan fingerprint density at radius 2 is 2.11 bits per heavy atom. The number of hydrogen-bond acceptors (Lipinski definition) is 4. The van der Waals surface area contributed by atoms with Crippen LogP contribution in [0.4, 0.5) is 0 Å². The molecule has 0 fully saturated rings. The number of amides is 1. The fourth-order valence-corrected chi connectivity index (χ4v) is 1.49.